The van der Waals surface area contributed by atoms with Gasteiger partial charge in [0.15, 0.2) is 0 Å². The van der Waals surface area contributed by atoms with E-state index < -0.39 is 15.8 Å². The van der Waals surface area contributed by atoms with E-state index >= 15 is 0 Å². The monoisotopic (exact) mass is 306 g/mol. The first-order valence-electron chi connectivity index (χ1n) is 5.92. The third kappa shape index (κ3) is 4.67. The van der Waals surface area contributed by atoms with Crippen LogP contribution in [0, 0.1) is 12.7 Å². The summed E-state index contributed by atoms with van der Waals surface area (Å²) in [5.41, 5.74) is 6.41. The normalized spacial score (nSPS) is 11.7. The van der Waals surface area contributed by atoms with Crippen LogP contribution in [0.25, 0.3) is 0 Å². The first kappa shape index (κ1) is 16.3. The molecule has 0 aliphatic heterocycles. The van der Waals surface area contributed by atoms with Crippen LogP contribution in [0.5, 0.6) is 0 Å². The van der Waals surface area contributed by atoms with Crippen molar-refractivity contribution in [3.05, 3.63) is 23.5 Å². The van der Waals surface area contributed by atoms with Gasteiger partial charge in [-0.15, -0.1) is 0 Å². The number of halogens is 1. The summed E-state index contributed by atoms with van der Waals surface area (Å²) in [5.74, 6) is 0.205. The summed E-state index contributed by atoms with van der Waals surface area (Å²) < 4.78 is 39.9. The molecule has 0 radical (unpaired) electrons. The lowest BCUT2D eigenvalue weighted by Gasteiger charge is -2.09. The maximum absolute atomic E-state index is 13.7. The molecule has 0 heterocycles. The molecule has 0 fully saturated rings. The van der Waals surface area contributed by atoms with Gasteiger partial charge < -0.3 is 5.73 Å². The van der Waals surface area contributed by atoms with Gasteiger partial charge in [-0.05, 0) is 49.5 Å². The van der Waals surface area contributed by atoms with Gasteiger partial charge in [-0.25, -0.2) is 17.5 Å². The van der Waals surface area contributed by atoms with Gasteiger partial charge in [0.1, 0.15) is 10.7 Å². The molecule has 0 atom stereocenters. The zero-order chi connectivity index (χ0) is 14.5. The van der Waals surface area contributed by atoms with E-state index in [1.807, 2.05) is 6.26 Å². The summed E-state index contributed by atoms with van der Waals surface area (Å²) in [4.78, 5) is -0.388. The molecule has 0 amide bonds. The standard InChI is InChI=1S/C12H19FN2O2S2/c1-9-7-10(13)12(8-11(9)14)19(16,17)15-5-3-4-6-18-2/h7-8,15H,3-6,14H2,1-2H3. The maximum Gasteiger partial charge on any atom is 0.243 e. The lowest BCUT2D eigenvalue weighted by Crippen LogP contribution is -2.26. The Hall–Kier alpha value is -0.790. The molecule has 0 aromatic heterocycles. The summed E-state index contributed by atoms with van der Waals surface area (Å²) in [6, 6.07) is 2.30. The number of thioether (sulfide) groups is 1. The Morgan fingerprint density at radius 1 is 1.37 bits per heavy atom. The molecule has 3 N–H and O–H groups in total. The number of anilines is 1. The highest BCUT2D eigenvalue weighted by Gasteiger charge is 2.19. The van der Waals surface area contributed by atoms with Gasteiger partial charge in [0, 0.05) is 12.2 Å². The van der Waals surface area contributed by atoms with Crippen LogP contribution in [0.4, 0.5) is 10.1 Å². The van der Waals surface area contributed by atoms with E-state index in [0.717, 1.165) is 30.7 Å². The molecule has 0 saturated carbocycles. The molecule has 0 aliphatic carbocycles. The van der Waals surface area contributed by atoms with Crippen molar-refractivity contribution >= 4 is 27.5 Å². The number of unbranched alkanes of at least 4 members (excludes halogenated alkanes) is 1. The summed E-state index contributed by atoms with van der Waals surface area (Å²) in [7, 11) is -3.83. The van der Waals surface area contributed by atoms with Gasteiger partial charge in [0.2, 0.25) is 10.0 Å². The van der Waals surface area contributed by atoms with E-state index in [-0.39, 0.29) is 10.6 Å². The third-order valence-corrected chi connectivity index (χ3v) is 4.85. The van der Waals surface area contributed by atoms with E-state index in [0.29, 0.717) is 12.1 Å². The van der Waals surface area contributed by atoms with Crippen molar-refractivity contribution in [3.8, 4) is 0 Å². The van der Waals surface area contributed by atoms with Gasteiger partial charge in [-0.2, -0.15) is 11.8 Å². The number of nitrogens with one attached hydrogen (secondary N) is 1. The largest absolute Gasteiger partial charge is 0.398 e. The smallest absolute Gasteiger partial charge is 0.243 e. The van der Waals surface area contributed by atoms with Crippen LogP contribution in [0.1, 0.15) is 18.4 Å². The first-order valence-corrected chi connectivity index (χ1v) is 8.80. The predicted molar refractivity (Wildman–Crippen MR) is 78.4 cm³/mol. The second kappa shape index (κ2) is 7.12. The molecule has 108 valence electrons. The van der Waals surface area contributed by atoms with Gasteiger partial charge in [-0.3, -0.25) is 0 Å². The number of hydrogen-bond donors (Lipinski definition) is 2. The molecule has 1 aromatic rings. The zero-order valence-electron chi connectivity index (χ0n) is 11.1. The molecule has 4 nitrogen and oxygen atoms in total. The summed E-state index contributed by atoms with van der Waals surface area (Å²) in [5, 5.41) is 0. The van der Waals surface area contributed by atoms with E-state index in [9.17, 15) is 12.8 Å². The van der Waals surface area contributed by atoms with Crippen LogP contribution in [0.15, 0.2) is 17.0 Å². The van der Waals surface area contributed by atoms with Crippen LogP contribution in [-0.2, 0) is 10.0 Å². The van der Waals surface area contributed by atoms with Gasteiger partial charge >= 0.3 is 0 Å². The SMILES string of the molecule is CSCCCCNS(=O)(=O)c1cc(N)c(C)cc1F. The van der Waals surface area contributed by atoms with E-state index in [1.165, 1.54) is 0 Å². The van der Waals surface area contributed by atoms with Crippen LogP contribution in [0.2, 0.25) is 0 Å². The highest BCUT2D eigenvalue weighted by atomic mass is 32.2. The Kier molecular flexibility index (Phi) is 6.09. The molecule has 19 heavy (non-hydrogen) atoms. The molecule has 0 unspecified atom stereocenters. The fraction of sp³-hybridized carbons (Fsp3) is 0.500. The fourth-order valence-electron chi connectivity index (χ4n) is 1.53. The van der Waals surface area contributed by atoms with Crippen molar-refractivity contribution in [2.24, 2.45) is 0 Å². The minimum absolute atomic E-state index is 0.268. The van der Waals surface area contributed by atoms with Crippen LogP contribution >= 0.6 is 11.8 Å². The number of nitrogens with two attached hydrogens (primary N) is 1. The fourth-order valence-corrected chi connectivity index (χ4v) is 3.19. The Morgan fingerprint density at radius 2 is 2.05 bits per heavy atom. The highest BCUT2D eigenvalue weighted by molar-refractivity contribution is 7.98. The molecule has 0 spiro atoms. The van der Waals surface area contributed by atoms with E-state index in [2.05, 4.69) is 4.72 Å². The number of hydrogen-bond acceptors (Lipinski definition) is 4. The summed E-state index contributed by atoms with van der Waals surface area (Å²) in [6.07, 6.45) is 3.64. The van der Waals surface area contributed by atoms with Crippen LogP contribution in [0.3, 0.4) is 0 Å². The molecular formula is C12H19FN2O2S2. The van der Waals surface area contributed by atoms with Crippen LogP contribution in [-0.4, -0.2) is 27.0 Å². The topological polar surface area (TPSA) is 72.2 Å². The van der Waals surface area contributed by atoms with Crippen molar-refractivity contribution in [2.75, 3.05) is 24.3 Å². The second-order valence-electron chi connectivity index (χ2n) is 4.24. The number of rotatable bonds is 7. The maximum atomic E-state index is 13.7. The van der Waals surface area contributed by atoms with E-state index in [1.54, 1.807) is 18.7 Å². The Morgan fingerprint density at radius 3 is 2.68 bits per heavy atom. The number of nitrogen functional groups attached to an aromatic ring is 1. The number of sulfonamides is 1. The Labute approximate surface area is 118 Å². The molecule has 1 aromatic carbocycles. The lowest BCUT2D eigenvalue weighted by atomic mass is 10.2. The highest BCUT2D eigenvalue weighted by Crippen LogP contribution is 2.21. The predicted octanol–water partition coefficient (Wildman–Crippen LogP) is 2.14. The minimum atomic E-state index is -3.83. The molecule has 1 rings (SSSR count). The van der Waals surface area contributed by atoms with Crippen molar-refractivity contribution in [1.29, 1.82) is 0 Å². The van der Waals surface area contributed by atoms with E-state index in [4.69, 9.17) is 5.73 Å². The average Bonchev–Trinajstić information content (AvgIpc) is 2.33. The quantitative estimate of drug-likeness (QED) is 0.598. The third-order valence-electron chi connectivity index (χ3n) is 2.68. The summed E-state index contributed by atoms with van der Waals surface area (Å²) >= 11 is 1.71. The molecule has 0 bridgehead atoms. The number of benzene rings is 1. The van der Waals surface area contributed by atoms with Crippen molar-refractivity contribution < 1.29 is 12.8 Å². The molecule has 0 saturated heterocycles. The zero-order valence-corrected chi connectivity index (χ0v) is 12.7. The van der Waals surface area contributed by atoms with Gasteiger partial charge in [-0.1, -0.05) is 0 Å². The number of aryl methyl sites for hydroxylation is 1. The van der Waals surface area contributed by atoms with Crippen molar-refractivity contribution in [2.45, 2.75) is 24.7 Å². The molecule has 0 aliphatic rings. The minimum Gasteiger partial charge on any atom is -0.398 e. The van der Waals surface area contributed by atoms with Gasteiger partial charge in [0.05, 0.1) is 0 Å². The molecule has 7 heteroatoms. The Bertz CT molecular complexity index is 533. The van der Waals surface area contributed by atoms with Crippen molar-refractivity contribution in [1.82, 2.24) is 4.72 Å². The molecular weight excluding hydrogens is 287 g/mol. The van der Waals surface area contributed by atoms with Crippen LogP contribution < -0.4 is 10.5 Å². The van der Waals surface area contributed by atoms with Crippen molar-refractivity contribution in [3.63, 3.8) is 0 Å². The average molecular weight is 306 g/mol. The second-order valence-corrected chi connectivity index (χ2v) is 6.96. The lowest BCUT2D eigenvalue weighted by molar-refractivity contribution is 0.555. The first-order chi connectivity index (χ1) is 8.88. The Balaban J connectivity index is 2.75. The summed E-state index contributed by atoms with van der Waals surface area (Å²) in [6.45, 7) is 1.93. The van der Waals surface area contributed by atoms with Gasteiger partial charge in [0.25, 0.3) is 0 Å².